The molecule has 0 fully saturated rings. The molecular weight excluding hydrogens is 208 g/mol. The zero-order valence-electron chi connectivity index (χ0n) is 10.7. The highest BCUT2D eigenvalue weighted by Crippen LogP contribution is 2.20. The molecule has 0 heterocycles. The highest BCUT2D eigenvalue weighted by Gasteiger charge is 2.22. The van der Waals surface area contributed by atoms with Crippen LogP contribution in [0.25, 0.3) is 0 Å². The molecule has 4 nitrogen and oxygen atoms in total. The van der Waals surface area contributed by atoms with Crippen molar-refractivity contribution >= 4 is 0 Å². The molecule has 4 heteroatoms. The van der Waals surface area contributed by atoms with E-state index in [4.69, 9.17) is 19.7 Å². The highest BCUT2D eigenvalue weighted by molar-refractivity contribution is 4.73. The molecule has 2 atom stereocenters. The quantitative estimate of drug-likeness (QED) is 0.599. The Labute approximate surface area is 98.6 Å². The Morgan fingerprint density at radius 2 is 1.88 bits per heavy atom. The van der Waals surface area contributed by atoms with E-state index in [1.165, 1.54) is 0 Å². The first-order valence-corrected chi connectivity index (χ1v) is 6.05. The predicted molar refractivity (Wildman–Crippen MR) is 63.5 cm³/mol. The molecule has 0 saturated heterocycles. The van der Waals surface area contributed by atoms with Gasteiger partial charge in [-0.25, -0.2) is 0 Å². The van der Waals surface area contributed by atoms with Crippen LogP contribution in [-0.2, 0) is 9.47 Å². The molecule has 0 amide bonds. The van der Waals surface area contributed by atoms with Crippen LogP contribution in [0.3, 0.4) is 0 Å². The topological polar surface area (TPSA) is 58.9 Å². The number of aliphatic hydroxyl groups excluding tert-OH is 2. The number of hydrogen-bond acceptors (Lipinski definition) is 4. The Morgan fingerprint density at radius 3 is 2.38 bits per heavy atom. The third-order valence-electron chi connectivity index (χ3n) is 2.86. The second-order valence-corrected chi connectivity index (χ2v) is 4.32. The standard InChI is InChI=1S/C12H26O4/c1-4-12(3,16-10-8-14)6-9-15-11(2)5-7-13/h11,13-14H,4-10H2,1-3H3. The first kappa shape index (κ1) is 15.8. The summed E-state index contributed by atoms with van der Waals surface area (Å²) in [5, 5.41) is 17.5. The zero-order chi connectivity index (χ0) is 12.4. The van der Waals surface area contributed by atoms with Gasteiger partial charge < -0.3 is 19.7 Å². The second-order valence-electron chi connectivity index (χ2n) is 4.32. The van der Waals surface area contributed by atoms with Gasteiger partial charge in [-0.3, -0.25) is 0 Å². The van der Waals surface area contributed by atoms with Gasteiger partial charge in [-0.15, -0.1) is 0 Å². The van der Waals surface area contributed by atoms with Gasteiger partial charge in [-0.2, -0.15) is 0 Å². The van der Waals surface area contributed by atoms with Crippen molar-refractivity contribution in [3.8, 4) is 0 Å². The number of ether oxygens (including phenoxy) is 2. The summed E-state index contributed by atoms with van der Waals surface area (Å²) in [5.41, 5.74) is -0.221. The smallest absolute Gasteiger partial charge is 0.0705 e. The molecule has 0 rings (SSSR count). The van der Waals surface area contributed by atoms with E-state index in [1.807, 2.05) is 13.8 Å². The zero-order valence-corrected chi connectivity index (χ0v) is 10.7. The maximum atomic E-state index is 8.73. The molecule has 0 bridgehead atoms. The minimum Gasteiger partial charge on any atom is -0.396 e. The Bertz CT molecular complexity index is 163. The van der Waals surface area contributed by atoms with Crippen LogP contribution in [0.2, 0.25) is 0 Å². The second kappa shape index (κ2) is 8.93. The molecule has 0 aliphatic rings. The van der Waals surface area contributed by atoms with Crippen LogP contribution >= 0.6 is 0 Å². The fraction of sp³-hybridized carbons (Fsp3) is 1.00. The number of rotatable bonds is 10. The van der Waals surface area contributed by atoms with Crippen LogP contribution < -0.4 is 0 Å². The Balaban J connectivity index is 3.76. The molecule has 0 spiro atoms. The van der Waals surface area contributed by atoms with Gasteiger partial charge in [0.25, 0.3) is 0 Å². The van der Waals surface area contributed by atoms with E-state index in [0.717, 1.165) is 12.8 Å². The Kier molecular flexibility index (Phi) is 8.84. The third-order valence-corrected chi connectivity index (χ3v) is 2.86. The van der Waals surface area contributed by atoms with Crippen LogP contribution in [0.4, 0.5) is 0 Å². The molecule has 0 aliphatic heterocycles. The lowest BCUT2D eigenvalue weighted by molar-refractivity contribution is -0.0734. The highest BCUT2D eigenvalue weighted by atomic mass is 16.5. The van der Waals surface area contributed by atoms with Gasteiger partial charge in [0.2, 0.25) is 0 Å². The molecule has 2 N–H and O–H groups in total. The summed E-state index contributed by atoms with van der Waals surface area (Å²) in [6.45, 7) is 7.25. The molecule has 0 aliphatic carbocycles. The molecule has 0 aromatic rings. The van der Waals surface area contributed by atoms with Crippen molar-refractivity contribution in [1.29, 1.82) is 0 Å². The third kappa shape index (κ3) is 7.17. The van der Waals surface area contributed by atoms with Crippen molar-refractivity contribution in [2.75, 3.05) is 26.4 Å². The molecule has 0 aromatic carbocycles. The average molecular weight is 234 g/mol. The Hall–Kier alpha value is -0.160. The van der Waals surface area contributed by atoms with Crippen molar-refractivity contribution < 1.29 is 19.7 Å². The Morgan fingerprint density at radius 1 is 1.19 bits per heavy atom. The summed E-state index contributed by atoms with van der Waals surface area (Å²) in [7, 11) is 0. The summed E-state index contributed by atoms with van der Waals surface area (Å²) in [6, 6.07) is 0. The normalized spacial score (nSPS) is 17.1. The minimum atomic E-state index is -0.221. The lowest BCUT2D eigenvalue weighted by Gasteiger charge is -2.29. The lowest BCUT2D eigenvalue weighted by atomic mass is 9.99. The number of aliphatic hydroxyl groups is 2. The monoisotopic (exact) mass is 234 g/mol. The maximum absolute atomic E-state index is 8.73. The van der Waals surface area contributed by atoms with E-state index in [1.54, 1.807) is 0 Å². The van der Waals surface area contributed by atoms with Gasteiger partial charge in [0.15, 0.2) is 0 Å². The van der Waals surface area contributed by atoms with Crippen molar-refractivity contribution in [2.24, 2.45) is 0 Å². The van der Waals surface area contributed by atoms with Gasteiger partial charge in [-0.05, 0) is 33.1 Å². The van der Waals surface area contributed by atoms with Crippen LogP contribution in [0.1, 0.15) is 40.0 Å². The van der Waals surface area contributed by atoms with E-state index in [2.05, 4.69) is 6.92 Å². The molecule has 0 radical (unpaired) electrons. The lowest BCUT2D eigenvalue weighted by Crippen LogP contribution is -2.31. The summed E-state index contributed by atoms with van der Waals surface area (Å²) in [5.74, 6) is 0. The molecule has 98 valence electrons. The van der Waals surface area contributed by atoms with Gasteiger partial charge in [0, 0.05) is 13.2 Å². The van der Waals surface area contributed by atoms with Gasteiger partial charge in [0.05, 0.1) is 24.9 Å². The van der Waals surface area contributed by atoms with Crippen molar-refractivity contribution in [2.45, 2.75) is 51.7 Å². The van der Waals surface area contributed by atoms with Crippen LogP contribution in [0.15, 0.2) is 0 Å². The van der Waals surface area contributed by atoms with Crippen molar-refractivity contribution in [3.63, 3.8) is 0 Å². The van der Waals surface area contributed by atoms with Gasteiger partial charge >= 0.3 is 0 Å². The van der Waals surface area contributed by atoms with Crippen LogP contribution in [0, 0.1) is 0 Å². The van der Waals surface area contributed by atoms with Gasteiger partial charge in [-0.1, -0.05) is 6.92 Å². The largest absolute Gasteiger partial charge is 0.396 e. The maximum Gasteiger partial charge on any atom is 0.0705 e. The van der Waals surface area contributed by atoms with Crippen molar-refractivity contribution in [1.82, 2.24) is 0 Å². The fourth-order valence-electron chi connectivity index (χ4n) is 1.38. The van der Waals surface area contributed by atoms with E-state index >= 15 is 0 Å². The summed E-state index contributed by atoms with van der Waals surface area (Å²) < 4.78 is 11.1. The van der Waals surface area contributed by atoms with E-state index in [-0.39, 0.29) is 24.9 Å². The molecule has 2 unspecified atom stereocenters. The summed E-state index contributed by atoms with van der Waals surface area (Å²) in [6.07, 6.45) is 2.45. The van der Waals surface area contributed by atoms with Crippen molar-refractivity contribution in [3.05, 3.63) is 0 Å². The summed E-state index contributed by atoms with van der Waals surface area (Å²) in [4.78, 5) is 0. The van der Waals surface area contributed by atoms with Crippen LogP contribution in [0.5, 0.6) is 0 Å². The first-order chi connectivity index (χ1) is 7.58. The molecular formula is C12H26O4. The average Bonchev–Trinajstić information content (AvgIpc) is 2.27. The summed E-state index contributed by atoms with van der Waals surface area (Å²) >= 11 is 0. The van der Waals surface area contributed by atoms with E-state index in [0.29, 0.717) is 19.6 Å². The SMILES string of the molecule is CCC(C)(CCOC(C)CCO)OCCO. The molecule has 16 heavy (non-hydrogen) atoms. The van der Waals surface area contributed by atoms with Gasteiger partial charge in [0.1, 0.15) is 0 Å². The van der Waals surface area contributed by atoms with E-state index in [9.17, 15) is 0 Å². The first-order valence-electron chi connectivity index (χ1n) is 6.05. The molecule has 0 aromatic heterocycles. The fourth-order valence-corrected chi connectivity index (χ4v) is 1.38. The van der Waals surface area contributed by atoms with Crippen LogP contribution in [-0.4, -0.2) is 48.3 Å². The molecule has 0 saturated carbocycles. The predicted octanol–water partition coefficient (Wildman–Crippen LogP) is 1.34. The number of hydrogen-bond donors (Lipinski definition) is 2. The minimum absolute atomic E-state index is 0.0529. The van der Waals surface area contributed by atoms with E-state index < -0.39 is 0 Å².